The van der Waals surface area contributed by atoms with E-state index in [0.29, 0.717) is 79.9 Å². The van der Waals surface area contributed by atoms with Gasteiger partial charge in [-0.25, -0.2) is 9.78 Å². The Bertz CT molecular complexity index is 2180. The van der Waals surface area contributed by atoms with Gasteiger partial charge in [0.15, 0.2) is 0 Å². The van der Waals surface area contributed by atoms with Crippen LogP contribution in [-0.2, 0) is 30.3 Å². The number of amides is 5. The Labute approximate surface area is 332 Å². The highest BCUT2D eigenvalue weighted by atomic mass is 16.6. The zero-order valence-electron chi connectivity index (χ0n) is 32.5. The quantitative estimate of drug-likeness (QED) is 0.0764. The van der Waals surface area contributed by atoms with Crippen molar-refractivity contribution in [1.29, 1.82) is 0 Å². The molecule has 13 nitrogen and oxygen atoms in total. The molecule has 1 aromatic heterocycles. The van der Waals surface area contributed by atoms with Gasteiger partial charge in [0.25, 0.3) is 5.91 Å². The first-order valence-electron chi connectivity index (χ1n) is 19.3. The van der Waals surface area contributed by atoms with Crippen molar-refractivity contribution in [1.82, 2.24) is 25.5 Å². The van der Waals surface area contributed by atoms with Crippen LogP contribution in [0.3, 0.4) is 0 Å². The fourth-order valence-corrected chi connectivity index (χ4v) is 6.69. The molecule has 2 heterocycles. The van der Waals surface area contributed by atoms with Crippen molar-refractivity contribution >= 4 is 52.1 Å². The Hall–Kier alpha value is -6.50. The Balaban J connectivity index is 1.01. The van der Waals surface area contributed by atoms with Gasteiger partial charge in [-0.2, -0.15) is 0 Å². The maximum atomic E-state index is 14.0. The molecular weight excluding hydrogens is 723 g/mol. The molecular formula is C44H49N7O6. The number of carbonyl (C=O) groups is 5. The second-order valence-electron chi connectivity index (χ2n) is 15.1. The van der Waals surface area contributed by atoms with E-state index in [1.165, 1.54) is 4.90 Å². The summed E-state index contributed by atoms with van der Waals surface area (Å²) in [5.74, 6) is -0.232. The summed E-state index contributed by atoms with van der Waals surface area (Å²) < 4.78 is 5.44. The molecule has 1 aliphatic heterocycles. The average molecular weight is 772 g/mol. The SMILES string of the molecule is CC(C)(C)OC(=O)N[C@H](C(=O)N1CCC[C@H]1C(=O)Nc1ccc2[nH]c(-c3ccc(NC(=O)CCCCNC(=O)Cc4ccccc4)cc3)nc2c1)c1ccccc1. The van der Waals surface area contributed by atoms with Crippen LogP contribution in [0.4, 0.5) is 16.2 Å². The maximum Gasteiger partial charge on any atom is 0.408 e. The number of nitrogens with zero attached hydrogens (tertiary/aromatic N) is 2. The van der Waals surface area contributed by atoms with E-state index < -0.39 is 23.8 Å². The Kier molecular flexibility index (Phi) is 13.0. The molecule has 5 N–H and O–H groups in total. The molecule has 6 rings (SSSR count). The number of benzene rings is 4. The smallest absolute Gasteiger partial charge is 0.408 e. The zero-order chi connectivity index (χ0) is 40.4. The van der Waals surface area contributed by atoms with Crippen LogP contribution in [0.25, 0.3) is 22.4 Å². The Morgan fingerprint density at radius 3 is 2.26 bits per heavy atom. The normalized spacial score (nSPS) is 14.4. The zero-order valence-corrected chi connectivity index (χ0v) is 32.5. The summed E-state index contributed by atoms with van der Waals surface area (Å²) in [6.45, 7) is 6.14. The second kappa shape index (κ2) is 18.4. The minimum atomic E-state index is -1.03. The van der Waals surface area contributed by atoms with Crippen LogP contribution < -0.4 is 21.3 Å². The summed E-state index contributed by atoms with van der Waals surface area (Å²) >= 11 is 0. The number of aromatic nitrogens is 2. The van der Waals surface area contributed by atoms with Crippen molar-refractivity contribution in [3.8, 4) is 11.4 Å². The summed E-state index contributed by atoms with van der Waals surface area (Å²) in [7, 11) is 0. The van der Waals surface area contributed by atoms with Gasteiger partial charge >= 0.3 is 6.09 Å². The molecule has 5 amide bonds. The number of H-pyrrole nitrogens is 1. The summed E-state index contributed by atoms with van der Waals surface area (Å²) in [6.07, 6.45) is 2.42. The lowest BCUT2D eigenvalue weighted by Crippen LogP contribution is -2.49. The number of rotatable bonds is 14. The molecule has 0 radical (unpaired) electrons. The molecule has 5 aromatic rings. The van der Waals surface area contributed by atoms with Gasteiger partial charge in [0, 0.05) is 36.4 Å². The van der Waals surface area contributed by atoms with Gasteiger partial charge in [0.05, 0.1) is 17.5 Å². The van der Waals surface area contributed by atoms with Crippen molar-refractivity contribution in [3.05, 3.63) is 114 Å². The summed E-state index contributed by atoms with van der Waals surface area (Å²) in [5.41, 5.74) is 4.22. The van der Waals surface area contributed by atoms with Gasteiger partial charge < -0.3 is 35.9 Å². The van der Waals surface area contributed by atoms with Crippen LogP contribution >= 0.6 is 0 Å². The van der Waals surface area contributed by atoms with Crippen molar-refractivity contribution in [3.63, 3.8) is 0 Å². The van der Waals surface area contributed by atoms with Gasteiger partial charge in [-0.3, -0.25) is 19.2 Å². The van der Waals surface area contributed by atoms with Gasteiger partial charge in [-0.1, -0.05) is 60.7 Å². The van der Waals surface area contributed by atoms with Crippen molar-refractivity contribution in [2.24, 2.45) is 0 Å². The predicted octanol–water partition coefficient (Wildman–Crippen LogP) is 6.89. The Morgan fingerprint density at radius 1 is 0.842 bits per heavy atom. The number of likely N-dealkylation sites (tertiary alicyclic amines) is 1. The molecule has 13 heteroatoms. The highest BCUT2D eigenvalue weighted by Gasteiger charge is 2.39. The predicted molar refractivity (Wildman–Crippen MR) is 219 cm³/mol. The van der Waals surface area contributed by atoms with Crippen molar-refractivity contribution in [2.45, 2.75) is 77.0 Å². The lowest BCUT2D eigenvalue weighted by atomic mass is 10.0. The molecule has 0 spiro atoms. The van der Waals surface area contributed by atoms with Gasteiger partial charge in [-0.15, -0.1) is 0 Å². The molecule has 0 aliphatic carbocycles. The van der Waals surface area contributed by atoms with Crippen LogP contribution in [0.2, 0.25) is 0 Å². The number of anilines is 2. The van der Waals surface area contributed by atoms with Crippen LogP contribution in [0.15, 0.2) is 103 Å². The van der Waals surface area contributed by atoms with Gasteiger partial charge in [0.1, 0.15) is 23.5 Å². The lowest BCUT2D eigenvalue weighted by Gasteiger charge is -2.29. The van der Waals surface area contributed by atoms with Gasteiger partial charge in [0.2, 0.25) is 17.7 Å². The highest BCUT2D eigenvalue weighted by Crippen LogP contribution is 2.28. The van der Waals surface area contributed by atoms with E-state index >= 15 is 0 Å². The molecule has 1 fully saturated rings. The monoisotopic (exact) mass is 771 g/mol. The number of hydrogen-bond donors (Lipinski definition) is 5. The second-order valence-corrected chi connectivity index (χ2v) is 15.1. The number of unbranched alkanes of at least 4 members (excludes halogenated alkanes) is 1. The maximum absolute atomic E-state index is 14.0. The molecule has 0 bridgehead atoms. The number of imidazole rings is 1. The summed E-state index contributed by atoms with van der Waals surface area (Å²) in [5, 5.41) is 11.5. The first kappa shape index (κ1) is 40.2. The molecule has 2 atom stereocenters. The fraction of sp³-hybridized carbons (Fsp3) is 0.318. The number of alkyl carbamates (subject to hydrolysis) is 1. The third kappa shape index (κ3) is 11.3. The minimum absolute atomic E-state index is 0.0335. The first-order chi connectivity index (χ1) is 27.4. The number of nitrogens with one attached hydrogen (secondary N) is 5. The lowest BCUT2D eigenvalue weighted by molar-refractivity contribution is -0.138. The third-order valence-electron chi connectivity index (χ3n) is 9.43. The first-order valence-corrected chi connectivity index (χ1v) is 19.3. The van der Waals surface area contributed by atoms with Crippen LogP contribution in [0.5, 0.6) is 0 Å². The molecule has 296 valence electrons. The van der Waals surface area contributed by atoms with Crippen LogP contribution in [0, 0.1) is 0 Å². The standard InChI is InChI=1S/C44H49N7O6/c1-44(2,3)57-43(56)50-39(30-15-8-5-9-16-30)42(55)51-26-12-17-36(51)41(54)47-33-23-24-34-35(28-33)49-40(48-34)31-19-21-32(22-20-31)46-37(52)18-10-11-25-45-38(53)27-29-13-6-4-7-14-29/h4-9,13-16,19-24,28,36,39H,10-12,17-18,25-27H2,1-3H3,(H,45,53)(H,46,52)(H,47,54)(H,48,49)(H,50,56)/t36-,39-/m0/s1. The molecule has 1 aliphatic rings. The molecule has 57 heavy (non-hydrogen) atoms. The molecule has 1 saturated heterocycles. The number of hydrogen-bond acceptors (Lipinski definition) is 7. The largest absolute Gasteiger partial charge is 0.444 e. The van der Waals surface area contributed by atoms with E-state index in [-0.39, 0.29) is 23.6 Å². The molecule has 0 unspecified atom stereocenters. The number of ether oxygens (including phenoxy) is 1. The molecule has 0 saturated carbocycles. The fourth-order valence-electron chi connectivity index (χ4n) is 6.69. The van der Waals surface area contributed by atoms with E-state index in [1.807, 2.05) is 66.7 Å². The number of aromatic amines is 1. The van der Waals surface area contributed by atoms with E-state index in [4.69, 9.17) is 9.72 Å². The number of carbonyl (C=O) groups excluding carboxylic acids is 5. The summed E-state index contributed by atoms with van der Waals surface area (Å²) in [4.78, 5) is 74.6. The molecule has 4 aromatic carbocycles. The summed E-state index contributed by atoms with van der Waals surface area (Å²) in [6, 6.07) is 29.5. The van der Waals surface area contributed by atoms with E-state index in [0.717, 1.165) is 16.6 Å². The van der Waals surface area contributed by atoms with Gasteiger partial charge in [-0.05, 0) is 100 Å². The van der Waals surface area contributed by atoms with Crippen molar-refractivity contribution in [2.75, 3.05) is 23.7 Å². The highest BCUT2D eigenvalue weighted by molar-refractivity contribution is 6.00. The minimum Gasteiger partial charge on any atom is -0.444 e. The third-order valence-corrected chi connectivity index (χ3v) is 9.43. The van der Waals surface area contributed by atoms with E-state index in [1.54, 1.807) is 57.2 Å². The average Bonchev–Trinajstić information content (AvgIpc) is 3.85. The number of fused-ring (bicyclic) bond motifs is 1. The topological polar surface area (TPSA) is 175 Å². The van der Waals surface area contributed by atoms with E-state index in [9.17, 15) is 24.0 Å². The van der Waals surface area contributed by atoms with E-state index in [2.05, 4.69) is 26.3 Å². The van der Waals surface area contributed by atoms with Crippen LogP contribution in [-0.4, -0.2) is 69.3 Å². The Morgan fingerprint density at radius 2 is 1.54 bits per heavy atom. The van der Waals surface area contributed by atoms with Crippen LogP contribution in [0.1, 0.15) is 70.0 Å². The van der Waals surface area contributed by atoms with Crippen molar-refractivity contribution < 1.29 is 28.7 Å².